The fourth-order valence-electron chi connectivity index (χ4n) is 0.512. The minimum absolute atomic E-state index is 0.0712. The second-order valence-electron chi connectivity index (χ2n) is 1.72. The molecule has 3 N–H and O–H groups in total. The Hall–Kier alpha value is -0.480. The Morgan fingerprint density at radius 3 is 2.70 bits per heavy atom. The molecule has 0 unspecified atom stereocenters. The normalized spacial score (nSPS) is 15.7. The highest BCUT2D eigenvalue weighted by atomic mass is 79.9. The van der Waals surface area contributed by atoms with Crippen LogP contribution in [0.25, 0.3) is 0 Å². The summed E-state index contributed by atoms with van der Waals surface area (Å²) in [5.41, 5.74) is -2.47. The van der Waals surface area contributed by atoms with Gasteiger partial charge in [0.15, 0.2) is 11.5 Å². The summed E-state index contributed by atoms with van der Waals surface area (Å²) in [7, 11) is 0. The molecule has 0 radical (unpaired) electrons. The van der Waals surface area contributed by atoms with Gasteiger partial charge in [0.1, 0.15) is 5.82 Å². The van der Waals surface area contributed by atoms with Crippen molar-refractivity contribution in [2.45, 2.75) is 0 Å². The molecule has 1 aromatic rings. The molecule has 0 amide bonds. The van der Waals surface area contributed by atoms with E-state index in [9.17, 15) is 8.78 Å². The third-order valence-electron chi connectivity index (χ3n) is 0.990. The standard InChI is InChI=1S/C6H4BrF2N/c7-3-1-6(10)5(9)2-4(3)8/h1-2H,10H2/p+1/i/hD3. The molecular weight excluding hydrogens is 204 g/mol. The van der Waals surface area contributed by atoms with Crippen molar-refractivity contribution in [1.82, 2.24) is 0 Å². The summed E-state index contributed by atoms with van der Waals surface area (Å²) < 4.78 is 46.1. The molecule has 0 saturated carbocycles. The predicted octanol–water partition coefficient (Wildman–Crippen LogP) is 1.60. The van der Waals surface area contributed by atoms with E-state index in [1.54, 1.807) is 0 Å². The molecule has 0 fully saturated rings. The largest absolute Gasteiger partial charge is 0.350 e. The van der Waals surface area contributed by atoms with Crippen LogP contribution in [-0.2, 0) is 0 Å². The summed E-state index contributed by atoms with van der Waals surface area (Å²) in [5, 5.41) is 0. The molecule has 0 aliphatic heterocycles. The van der Waals surface area contributed by atoms with Crippen LogP contribution in [0.2, 0.25) is 4.24 Å². The Bertz CT molecular complexity index is 339. The van der Waals surface area contributed by atoms with Crippen molar-refractivity contribution in [3.63, 3.8) is 0 Å². The van der Waals surface area contributed by atoms with Crippen LogP contribution < -0.4 is 5.71 Å². The number of rotatable bonds is 1. The topological polar surface area (TPSA) is 27.6 Å². The first-order valence-electron chi connectivity index (χ1n) is 3.79. The molecule has 0 aliphatic carbocycles. The highest BCUT2D eigenvalue weighted by molar-refractivity contribution is 9.10. The highest BCUT2D eigenvalue weighted by Crippen LogP contribution is 2.19. The highest BCUT2D eigenvalue weighted by Gasteiger charge is 2.06. The molecule has 0 heterocycles. The van der Waals surface area contributed by atoms with E-state index in [1.807, 2.05) is 0 Å². The van der Waals surface area contributed by atoms with Gasteiger partial charge in [-0.15, -0.1) is 0 Å². The van der Waals surface area contributed by atoms with Crippen molar-refractivity contribution in [3.8, 4) is 0 Å². The van der Waals surface area contributed by atoms with E-state index >= 15 is 0 Å². The second kappa shape index (κ2) is 2.64. The number of benzene rings is 1. The first kappa shape index (κ1) is 4.41. The van der Waals surface area contributed by atoms with Gasteiger partial charge in [0.2, 0.25) is 0 Å². The molecule has 0 spiro atoms. The van der Waals surface area contributed by atoms with Gasteiger partial charge >= 0.3 is 4.24 Å². The lowest BCUT2D eigenvalue weighted by molar-refractivity contribution is -0.258. The second-order valence-corrected chi connectivity index (χ2v) is 2.57. The molecule has 1 rings (SSSR count). The lowest BCUT2D eigenvalue weighted by Crippen LogP contribution is -2.41. The van der Waals surface area contributed by atoms with Gasteiger partial charge in [-0.3, -0.25) is 0 Å². The minimum atomic E-state index is -1.93. The van der Waals surface area contributed by atoms with Gasteiger partial charge in [-0.1, -0.05) is 0 Å². The molecular formula is C6H5BrF2N+. The third kappa shape index (κ3) is 1.33. The van der Waals surface area contributed by atoms with Crippen LogP contribution in [-0.4, -0.2) is 0 Å². The van der Waals surface area contributed by atoms with E-state index in [4.69, 9.17) is 4.24 Å². The van der Waals surface area contributed by atoms with Gasteiger partial charge in [-0.05, 0) is 15.9 Å². The van der Waals surface area contributed by atoms with Crippen LogP contribution in [0.5, 0.6) is 0 Å². The molecule has 1 aromatic carbocycles. The third-order valence-corrected chi connectivity index (χ3v) is 1.60. The molecule has 0 aromatic heterocycles. The van der Waals surface area contributed by atoms with Crippen molar-refractivity contribution in [2.24, 2.45) is 0 Å². The molecule has 0 atom stereocenters. The zero-order valence-corrected chi connectivity index (χ0v) is 6.32. The van der Waals surface area contributed by atoms with E-state index in [0.29, 0.717) is 6.07 Å². The van der Waals surface area contributed by atoms with E-state index in [2.05, 4.69) is 15.9 Å². The Kier molecular flexibility index (Phi) is 1.16. The predicted molar refractivity (Wildman–Crippen MR) is 36.6 cm³/mol. The van der Waals surface area contributed by atoms with Gasteiger partial charge in [0, 0.05) is 12.1 Å². The number of hydrogen-bond acceptors (Lipinski definition) is 0. The summed E-state index contributed by atoms with van der Waals surface area (Å²) in [6, 6.07) is 1.43. The number of halogens is 3. The molecule has 10 heavy (non-hydrogen) atoms. The molecule has 0 bridgehead atoms. The van der Waals surface area contributed by atoms with Crippen molar-refractivity contribution in [3.05, 3.63) is 28.2 Å². The van der Waals surface area contributed by atoms with E-state index < -0.39 is 23.0 Å². The monoisotopic (exact) mass is 211 g/mol. The average Bonchev–Trinajstić information content (AvgIpc) is 1.94. The first-order chi connectivity index (χ1) is 5.82. The zero-order valence-electron chi connectivity index (χ0n) is 7.74. The first-order valence-corrected chi connectivity index (χ1v) is 3.24. The molecule has 0 saturated heterocycles. The van der Waals surface area contributed by atoms with Crippen molar-refractivity contribution < 1.29 is 18.7 Å². The van der Waals surface area contributed by atoms with Crippen LogP contribution in [0.15, 0.2) is 16.6 Å². The minimum Gasteiger partial charge on any atom is -0.323 e. The fourth-order valence-corrected chi connectivity index (χ4v) is 0.843. The van der Waals surface area contributed by atoms with E-state index in [0.717, 1.165) is 6.07 Å². The Morgan fingerprint density at radius 2 is 2.10 bits per heavy atom. The maximum absolute atomic E-state index is 12.9. The van der Waals surface area contributed by atoms with Gasteiger partial charge in [-0.25, -0.2) is 8.78 Å². The smallest absolute Gasteiger partial charge is 0.323 e. The Morgan fingerprint density at radius 1 is 1.40 bits per heavy atom. The molecule has 0 aliphatic rings. The van der Waals surface area contributed by atoms with Gasteiger partial charge < -0.3 is 5.71 Å². The van der Waals surface area contributed by atoms with Gasteiger partial charge in [-0.2, -0.15) is 0 Å². The SMILES string of the molecule is [2H][N+]([2H])([2H])c1cc(Br)c(F)cc1F. The Labute approximate surface area is 69.4 Å². The lowest BCUT2D eigenvalue weighted by Gasteiger charge is -1.94. The Balaban J connectivity index is 3.32. The van der Waals surface area contributed by atoms with E-state index in [1.165, 1.54) is 0 Å². The van der Waals surface area contributed by atoms with Crippen molar-refractivity contribution in [2.75, 3.05) is 0 Å². The maximum Gasteiger partial charge on any atom is 0.350 e. The summed E-state index contributed by atoms with van der Waals surface area (Å²) in [6.45, 7) is 0. The van der Waals surface area contributed by atoms with E-state index in [-0.39, 0.29) is 4.47 Å². The summed E-state index contributed by atoms with van der Waals surface area (Å²) in [6.07, 6.45) is 0. The summed E-state index contributed by atoms with van der Waals surface area (Å²) in [5.74, 6) is -1.91. The maximum atomic E-state index is 12.9. The van der Waals surface area contributed by atoms with Crippen LogP contribution >= 0.6 is 15.9 Å². The quantitative estimate of drug-likeness (QED) is 0.684. The summed E-state index contributed by atoms with van der Waals surface area (Å²) >= 11 is 2.77. The number of hydrogen-bond donors (Lipinski definition) is 1. The van der Waals surface area contributed by atoms with Gasteiger partial charge in [0.05, 0.1) is 4.47 Å². The van der Waals surface area contributed by atoms with Crippen molar-refractivity contribution in [1.29, 1.82) is 0 Å². The van der Waals surface area contributed by atoms with Gasteiger partial charge in [0.25, 0.3) is 0 Å². The fraction of sp³-hybridized carbons (Fsp3) is 0. The average molecular weight is 212 g/mol. The van der Waals surface area contributed by atoms with Crippen molar-refractivity contribution >= 4 is 21.6 Å². The van der Waals surface area contributed by atoms with Crippen LogP contribution in [0.4, 0.5) is 14.5 Å². The van der Waals surface area contributed by atoms with Crippen LogP contribution in [0.3, 0.4) is 0 Å². The zero-order chi connectivity index (χ0) is 10.2. The molecule has 1 nitrogen and oxygen atoms in total. The summed E-state index contributed by atoms with van der Waals surface area (Å²) in [4.78, 5) is 0. The number of quaternary nitrogens is 1. The molecule has 54 valence electrons. The van der Waals surface area contributed by atoms with Crippen LogP contribution in [0.1, 0.15) is 0 Å². The molecule has 4 heteroatoms. The van der Waals surface area contributed by atoms with Crippen LogP contribution in [0, 0.1) is 11.6 Å². The lowest BCUT2D eigenvalue weighted by atomic mass is 10.3.